The Morgan fingerprint density at radius 2 is 2.20 bits per heavy atom. The molecule has 2 radical (unpaired) electrons. The van der Waals surface area contributed by atoms with Gasteiger partial charge in [-0.3, -0.25) is 0 Å². The molecule has 0 aromatic heterocycles. The van der Waals surface area contributed by atoms with Crippen LogP contribution in [0.5, 0.6) is 0 Å². The number of nitrogens with two attached hydrogens (primary N) is 1. The van der Waals surface area contributed by atoms with Crippen LogP contribution in [0.1, 0.15) is 6.92 Å². The highest BCUT2D eigenvalue weighted by Crippen LogP contribution is 2.36. The molecule has 5 heteroatoms. The molecule has 86 valence electrons. The zero-order valence-electron chi connectivity index (χ0n) is 9.73. The minimum Gasteiger partial charge on any atom is -0.387 e. The average molecular weight is 213 g/mol. The fourth-order valence-electron chi connectivity index (χ4n) is 2.34. The Bertz CT molecular complexity index is 205. The van der Waals surface area contributed by atoms with Crippen molar-refractivity contribution in [2.75, 3.05) is 34.0 Å². The summed E-state index contributed by atoms with van der Waals surface area (Å²) in [6, 6.07) is -0.286. The van der Waals surface area contributed by atoms with Crippen LogP contribution in [-0.4, -0.2) is 53.9 Å². The van der Waals surface area contributed by atoms with Crippen LogP contribution < -0.4 is 5.73 Å². The summed E-state index contributed by atoms with van der Waals surface area (Å²) < 4.78 is 16.2. The second-order valence-corrected chi connectivity index (χ2v) is 4.29. The number of rotatable bonds is 4. The topological polar surface area (TPSA) is 53.7 Å². The first-order valence-electron chi connectivity index (χ1n) is 5.20. The van der Waals surface area contributed by atoms with E-state index >= 15 is 0 Å². The molecular formula is C10H20BNO3. The molecule has 1 heterocycles. The highest BCUT2D eigenvalue weighted by molar-refractivity contribution is 6.11. The molecule has 0 amide bonds. The van der Waals surface area contributed by atoms with Crippen molar-refractivity contribution in [2.24, 2.45) is 17.1 Å². The molecular weight excluding hydrogens is 193 g/mol. The summed E-state index contributed by atoms with van der Waals surface area (Å²) in [4.78, 5) is 0. The van der Waals surface area contributed by atoms with E-state index in [0.29, 0.717) is 19.8 Å². The van der Waals surface area contributed by atoms with Crippen molar-refractivity contribution in [1.82, 2.24) is 0 Å². The molecule has 0 aromatic carbocycles. The summed E-state index contributed by atoms with van der Waals surface area (Å²) in [6.07, 6.45) is -0.0220. The molecule has 15 heavy (non-hydrogen) atoms. The van der Waals surface area contributed by atoms with E-state index in [1.807, 2.05) is 6.92 Å². The van der Waals surface area contributed by atoms with E-state index in [4.69, 9.17) is 27.8 Å². The number of ether oxygens (including phenoxy) is 3. The highest BCUT2D eigenvalue weighted by atomic mass is 16.5. The Morgan fingerprint density at radius 3 is 2.67 bits per heavy atom. The van der Waals surface area contributed by atoms with Gasteiger partial charge in [-0.15, -0.1) is 0 Å². The number of hydrogen-bond acceptors (Lipinski definition) is 4. The van der Waals surface area contributed by atoms with Crippen LogP contribution in [0.25, 0.3) is 0 Å². The second kappa shape index (κ2) is 5.30. The molecule has 0 spiro atoms. The molecule has 0 saturated carbocycles. The Hall–Kier alpha value is -0.0951. The lowest BCUT2D eigenvalue weighted by Gasteiger charge is -2.48. The lowest BCUT2D eigenvalue weighted by molar-refractivity contribution is -0.173. The molecule has 0 aliphatic carbocycles. The van der Waals surface area contributed by atoms with Crippen LogP contribution in [0.15, 0.2) is 0 Å². The summed E-state index contributed by atoms with van der Waals surface area (Å²) in [5.74, 6) is 0.113. The maximum atomic E-state index is 5.83. The summed E-state index contributed by atoms with van der Waals surface area (Å²) in [5, 5.41) is 0. The van der Waals surface area contributed by atoms with E-state index in [2.05, 4.69) is 0 Å². The summed E-state index contributed by atoms with van der Waals surface area (Å²) in [6.45, 7) is 3.49. The third-order valence-electron chi connectivity index (χ3n) is 3.25. The predicted octanol–water partition coefficient (Wildman–Crippen LogP) is -0.246. The monoisotopic (exact) mass is 213 g/mol. The van der Waals surface area contributed by atoms with Crippen molar-refractivity contribution in [2.45, 2.75) is 19.0 Å². The lowest BCUT2D eigenvalue weighted by atomic mass is 9.69. The summed E-state index contributed by atoms with van der Waals surface area (Å²) in [5.41, 5.74) is 5.54. The third-order valence-corrected chi connectivity index (χ3v) is 3.25. The van der Waals surface area contributed by atoms with Gasteiger partial charge in [-0.2, -0.15) is 0 Å². The minimum absolute atomic E-state index is 0.0220. The fraction of sp³-hybridized carbons (Fsp3) is 1.00. The molecule has 1 aliphatic heterocycles. The van der Waals surface area contributed by atoms with Gasteiger partial charge >= 0.3 is 0 Å². The Morgan fingerprint density at radius 1 is 1.53 bits per heavy atom. The van der Waals surface area contributed by atoms with E-state index in [9.17, 15) is 0 Å². The molecule has 4 atom stereocenters. The quantitative estimate of drug-likeness (QED) is 0.654. The van der Waals surface area contributed by atoms with Crippen LogP contribution in [0.4, 0.5) is 0 Å². The molecule has 1 aliphatic rings. The van der Waals surface area contributed by atoms with Gasteiger partial charge in [0.05, 0.1) is 24.7 Å². The molecule has 4 nitrogen and oxygen atoms in total. The summed E-state index contributed by atoms with van der Waals surface area (Å²) >= 11 is 0. The SMILES string of the molecule is [B][C@@H]1OC[C@](CN)(COC)C(OC)C1C. The van der Waals surface area contributed by atoms with Crippen molar-refractivity contribution in [1.29, 1.82) is 0 Å². The van der Waals surface area contributed by atoms with Gasteiger partial charge in [0.15, 0.2) is 0 Å². The van der Waals surface area contributed by atoms with E-state index in [-0.39, 0.29) is 23.4 Å². The molecule has 2 N–H and O–H groups in total. The number of hydrogen-bond donors (Lipinski definition) is 1. The first kappa shape index (κ1) is 13.0. The fourth-order valence-corrected chi connectivity index (χ4v) is 2.34. The smallest absolute Gasteiger partial charge is 0.109 e. The van der Waals surface area contributed by atoms with Gasteiger partial charge in [-0.25, -0.2) is 0 Å². The van der Waals surface area contributed by atoms with Crippen LogP contribution in [0.2, 0.25) is 0 Å². The van der Waals surface area contributed by atoms with E-state index < -0.39 is 0 Å². The van der Waals surface area contributed by atoms with Crippen molar-refractivity contribution >= 4 is 7.85 Å². The van der Waals surface area contributed by atoms with E-state index in [1.54, 1.807) is 14.2 Å². The van der Waals surface area contributed by atoms with E-state index in [0.717, 1.165) is 0 Å². The zero-order valence-corrected chi connectivity index (χ0v) is 9.73. The largest absolute Gasteiger partial charge is 0.387 e. The van der Waals surface area contributed by atoms with Crippen molar-refractivity contribution in [3.63, 3.8) is 0 Å². The number of methoxy groups -OCH3 is 2. The first-order valence-corrected chi connectivity index (χ1v) is 5.20. The van der Waals surface area contributed by atoms with Crippen LogP contribution in [0, 0.1) is 11.3 Å². The molecule has 1 rings (SSSR count). The highest BCUT2D eigenvalue weighted by Gasteiger charge is 2.47. The normalized spacial score (nSPS) is 41.7. The lowest BCUT2D eigenvalue weighted by Crippen LogP contribution is -2.59. The van der Waals surface area contributed by atoms with E-state index in [1.165, 1.54) is 0 Å². The van der Waals surface area contributed by atoms with Gasteiger partial charge in [0.2, 0.25) is 0 Å². The first-order chi connectivity index (χ1) is 7.11. The summed E-state index contributed by atoms with van der Waals surface area (Å²) in [7, 11) is 9.17. The minimum atomic E-state index is -0.286. The van der Waals surface area contributed by atoms with Gasteiger partial charge in [0, 0.05) is 32.7 Å². The Labute approximate surface area is 92.9 Å². The van der Waals surface area contributed by atoms with Gasteiger partial charge in [-0.1, -0.05) is 6.92 Å². The van der Waals surface area contributed by atoms with Gasteiger partial charge in [0.25, 0.3) is 0 Å². The molecule has 1 fully saturated rings. The van der Waals surface area contributed by atoms with Crippen molar-refractivity contribution < 1.29 is 14.2 Å². The maximum Gasteiger partial charge on any atom is 0.109 e. The maximum absolute atomic E-state index is 5.83. The second-order valence-electron chi connectivity index (χ2n) is 4.29. The Kier molecular flexibility index (Phi) is 4.58. The van der Waals surface area contributed by atoms with Gasteiger partial charge < -0.3 is 19.9 Å². The van der Waals surface area contributed by atoms with Crippen molar-refractivity contribution in [3.05, 3.63) is 0 Å². The van der Waals surface area contributed by atoms with Crippen LogP contribution in [0.3, 0.4) is 0 Å². The average Bonchev–Trinajstić information content (AvgIpc) is 2.24. The molecule has 1 saturated heterocycles. The third kappa shape index (κ3) is 2.36. The molecule has 0 aromatic rings. The Balaban J connectivity index is 2.84. The molecule has 0 bridgehead atoms. The van der Waals surface area contributed by atoms with Crippen molar-refractivity contribution in [3.8, 4) is 0 Å². The standard InChI is InChI=1S/C10H20BNO3/c1-7-8(14-3)10(4-12,5-13-2)6-15-9(7)11/h7-9H,4-6,12H2,1-3H3/t7?,8?,9-,10+/m1/s1. The van der Waals surface area contributed by atoms with Gasteiger partial charge in [0.1, 0.15) is 7.85 Å². The van der Waals surface area contributed by atoms with Gasteiger partial charge in [-0.05, 0) is 0 Å². The predicted molar refractivity (Wildman–Crippen MR) is 58.8 cm³/mol. The molecule has 2 unspecified atom stereocenters. The van der Waals surface area contributed by atoms with Crippen LogP contribution >= 0.6 is 0 Å². The van der Waals surface area contributed by atoms with Crippen LogP contribution in [-0.2, 0) is 14.2 Å². The zero-order chi connectivity index (χ0) is 11.5.